The number of hydrogen-bond acceptors (Lipinski definition) is 1. The number of hydrogen-bond donors (Lipinski definition) is 1. The highest BCUT2D eigenvalue weighted by atomic mass is 16.1. The Balaban J connectivity index is 2.11. The van der Waals surface area contributed by atoms with Crippen LogP contribution in [0.15, 0.2) is 24.3 Å². The first-order valence-corrected chi connectivity index (χ1v) is 6.15. The van der Waals surface area contributed by atoms with Gasteiger partial charge in [0.05, 0.1) is 0 Å². The number of anilines is 1. The molecule has 16 heavy (non-hydrogen) atoms. The summed E-state index contributed by atoms with van der Waals surface area (Å²) < 4.78 is 0. The maximum atomic E-state index is 10.3. The lowest BCUT2D eigenvalue weighted by molar-refractivity contribution is -0.105. The van der Waals surface area contributed by atoms with Crippen LogP contribution in [-0.2, 0) is 4.79 Å². The van der Waals surface area contributed by atoms with E-state index in [1.165, 1.54) is 31.2 Å². The molecule has 2 heteroatoms. The van der Waals surface area contributed by atoms with Crippen LogP contribution in [0.5, 0.6) is 0 Å². The molecule has 0 heterocycles. The van der Waals surface area contributed by atoms with E-state index < -0.39 is 0 Å². The van der Waals surface area contributed by atoms with E-state index in [0.717, 1.165) is 23.9 Å². The Labute approximate surface area is 97.1 Å². The first-order valence-electron chi connectivity index (χ1n) is 6.15. The molecule has 0 radical (unpaired) electrons. The van der Waals surface area contributed by atoms with E-state index in [4.69, 9.17) is 0 Å². The Morgan fingerprint density at radius 2 is 2.06 bits per heavy atom. The van der Waals surface area contributed by atoms with E-state index in [0.29, 0.717) is 0 Å². The van der Waals surface area contributed by atoms with Crippen molar-refractivity contribution in [2.45, 2.75) is 38.5 Å². The molecule has 1 saturated carbocycles. The molecule has 1 aromatic carbocycles. The monoisotopic (exact) mass is 217 g/mol. The fourth-order valence-corrected chi connectivity index (χ4v) is 2.86. The molecular formula is C14H19NO. The molecule has 2 unspecified atom stereocenters. The lowest BCUT2D eigenvalue weighted by atomic mass is 9.87. The lowest BCUT2D eigenvalue weighted by Gasteiger charge is -2.18. The maximum absolute atomic E-state index is 10.3. The average Bonchev–Trinajstić information content (AvgIpc) is 2.78. The Bertz CT molecular complexity index is 344. The van der Waals surface area contributed by atoms with Crippen molar-refractivity contribution in [3.05, 3.63) is 29.8 Å². The minimum atomic E-state index is 0.722. The Morgan fingerprint density at radius 1 is 1.31 bits per heavy atom. The molecule has 0 spiro atoms. The number of carbonyl (C=O) groups excluding carboxylic acids is 1. The van der Waals surface area contributed by atoms with Gasteiger partial charge in [-0.25, -0.2) is 0 Å². The highest BCUT2D eigenvalue weighted by molar-refractivity contribution is 5.71. The van der Waals surface area contributed by atoms with Gasteiger partial charge in [0.2, 0.25) is 6.41 Å². The molecule has 1 N–H and O–H groups in total. The summed E-state index contributed by atoms with van der Waals surface area (Å²) in [7, 11) is 0. The average molecular weight is 217 g/mol. The second-order valence-corrected chi connectivity index (χ2v) is 4.59. The molecule has 0 bridgehead atoms. The van der Waals surface area contributed by atoms with E-state index in [1.807, 2.05) is 12.1 Å². The quantitative estimate of drug-likeness (QED) is 0.768. The van der Waals surface area contributed by atoms with E-state index in [1.54, 1.807) is 0 Å². The predicted octanol–water partition coefficient (Wildman–Crippen LogP) is 3.55. The second-order valence-electron chi connectivity index (χ2n) is 4.59. The first-order chi connectivity index (χ1) is 7.85. The zero-order chi connectivity index (χ0) is 11.4. The number of rotatable bonds is 4. The minimum absolute atomic E-state index is 0.722. The Kier molecular flexibility index (Phi) is 3.60. The lowest BCUT2D eigenvalue weighted by Crippen LogP contribution is -2.05. The van der Waals surface area contributed by atoms with E-state index >= 15 is 0 Å². The van der Waals surface area contributed by atoms with Gasteiger partial charge in [-0.1, -0.05) is 31.9 Å². The summed E-state index contributed by atoms with van der Waals surface area (Å²) in [5.41, 5.74) is 2.31. The summed E-state index contributed by atoms with van der Waals surface area (Å²) in [5.74, 6) is 1.58. The van der Waals surface area contributed by atoms with Crippen molar-refractivity contribution in [1.29, 1.82) is 0 Å². The van der Waals surface area contributed by atoms with Gasteiger partial charge in [0.25, 0.3) is 0 Å². The topological polar surface area (TPSA) is 29.1 Å². The van der Waals surface area contributed by atoms with Crippen LogP contribution in [0.3, 0.4) is 0 Å². The zero-order valence-electron chi connectivity index (χ0n) is 9.78. The predicted molar refractivity (Wildman–Crippen MR) is 66.5 cm³/mol. The zero-order valence-corrected chi connectivity index (χ0v) is 9.78. The molecule has 1 fully saturated rings. The smallest absolute Gasteiger partial charge is 0.211 e. The highest BCUT2D eigenvalue weighted by Gasteiger charge is 2.26. The maximum Gasteiger partial charge on any atom is 0.211 e. The molecule has 86 valence electrons. The van der Waals surface area contributed by atoms with E-state index in [9.17, 15) is 4.79 Å². The summed E-state index contributed by atoms with van der Waals surface area (Å²) in [6, 6.07) is 8.30. The van der Waals surface area contributed by atoms with Crippen LogP contribution in [0.4, 0.5) is 5.69 Å². The van der Waals surface area contributed by atoms with Crippen molar-refractivity contribution < 1.29 is 4.79 Å². The Hall–Kier alpha value is -1.31. The minimum Gasteiger partial charge on any atom is -0.329 e. The molecule has 0 aliphatic heterocycles. The second kappa shape index (κ2) is 5.15. The van der Waals surface area contributed by atoms with Crippen molar-refractivity contribution >= 4 is 12.1 Å². The largest absolute Gasteiger partial charge is 0.329 e. The molecule has 1 aliphatic carbocycles. The molecule has 1 aliphatic rings. The van der Waals surface area contributed by atoms with Gasteiger partial charge < -0.3 is 5.32 Å². The third-order valence-corrected chi connectivity index (χ3v) is 3.75. The molecule has 1 amide bonds. The van der Waals surface area contributed by atoms with Crippen LogP contribution in [-0.4, -0.2) is 6.41 Å². The standard InChI is InChI=1S/C14H19NO/c1-2-11-4-3-5-14(11)12-6-8-13(9-7-12)15-10-16/h6-11,14H,2-5H2,1H3,(H,15,16). The van der Waals surface area contributed by atoms with Gasteiger partial charge in [-0.3, -0.25) is 4.79 Å². The summed E-state index contributed by atoms with van der Waals surface area (Å²) in [6.45, 7) is 2.28. The van der Waals surface area contributed by atoms with Crippen molar-refractivity contribution in [3.63, 3.8) is 0 Å². The summed E-state index contributed by atoms with van der Waals surface area (Å²) >= 11 is 0. The molecule has 2 atom stereocenters. The summed E-state index contributed by atoms with van der Waals surface area (Å²) in [4.78, 5) is 10.3. The first kappa shape index (κ1) is 11.2. The third-order valence-electron chi connectivity index (χ3n) is 3.75. The summed E-state index contributed by atoms with van der Waals surface area (Å²) in [5, 5.41) is 2.67. The van der Waals surface area contributed by atoms with Gasteiger partial charge in [0, 0.05) is 5.69 Å². The molecule has 2 rings (SSSR count). The van der Waals surface area contributed by atoms with Gasteiger partial charge in [0.1, 0.15) is 0 Å². The molecule has 2 nitrogen and oxygen atoms in total. The normalized spacial score (nSPS) is 24.3. The van der Waals surface area contributed by atoms with Crippen LogP contribution >= 0.6 is 0 Å². The number of nitrogens with one attached hydrogen (secondary N) is 1. The van der Waals surface area contributed by atoms with Crippen molar-refractivity contribution in [3.8, 4) is 0 Å². The SMILES string of the molecule is CCC1CCCC1c1ccc(NC=O)cc1. The van der Waals surface area contributed by atoms with Gasteiger partial charge in [-0.05, 0) is 42.4 Å². The molecule has 0 aromatic heterocycles. The third kappa shape index (κ3) is 2.26. The number of benzene rings is 1. The van der Waals surface area contributed by atoms with Crippen LogP contribution in [0, 0.1) is 5.92 Å². The van der Waals surface area contributed by atoms with Crippen molar-refractivity contribution in [2.75, 3.05) is 5.32 Å². The molecular weight excluding hydrogens is 198 g/mol. The van der Waals surface area contributed by atoms with Crippen LogP contribution in [0.2, 0.25) is 0 Å². The fourth-order valence-electron chi connectivity index (χ4n) is 2.86. The van der Waals surface area contributed by atoms with Crippen LogP contribution in [0.25, 0.3) is 0 Å². The van der Waals surface area contributed by atoms with E-state index in [-0.39, 0.29) is 0 Å². The van der Waals surface area contributed by atoms with Gasteiger partial charge >= 0.3 is 0 Å². The van der Waals surface area contributed by atoms with E-state index in [2.05, 4.69) is 24.4 Å². The molecule has 0 saturated heterocycles. The van der Waals surface area contributed by atoms with Crippen molar-refractivity contribution in [1.82, 2.24) is 0 Å². The fraction of sp³-hybridized carbons (Fsp3) is 0.500. The highest BCUT2D eigenvalue weighted by Crippen LogP contribution is 2.41. The van der Waals surface area contributed by atoms with Crippen LogP contribution in [0.1, 0.15) is 44.1 Å². The van der Waals surface area contributed by atoms with Gasteiger partial charge in [0.15, 0.2) is 0 Å². The van der Waals surface area contributed by atoms with Crippen molar-refractivity contribution in [2.24, 2.45) is 5.92 Å². The molecule has 1 aromatic rings. The Morgan fingerprint density at radius 3 is 2.69 bits per heavy atom. The summed E-state index contributed by atoms with van der Waals surface area (Å²) in [6.07, 6.45) is 6.05. The van der Waals surface area contributed by atoms with Gasteiger partial charge in [-0.15, -0.1) is 0 Å². The van der Waals surface area contributed by atoms with Crippen LogP contribution < -0.4 is 5.32 Å². The number of amides is 1. The van der Waals surface area contributed by atoms with Gasteiger partial charge in [-0.2, -0.15) is 0 Å². The number of carbonyl (C=O) groups is 1.